The van der Waals surface area contributed by atoms with Crippen molar-refractivity contribution in [1.29, 1.82) is 0 Å². The molecule has 0 radical (unpaired) electrons. The second-order valence-electron chi connectivity index (χ2n) is 8.24. The highest BCUT2D eigenvalue weighted by molar-refractivity contribution is 5.97. The molecule has 0 aliphatic carbocycles. The van der Waals surface area contributed by atoms with Gasteiger partial charge in [0.1, 0.15) is 5.82 Å². The van der Waals surface area contributed by atoms with E-state index < -0.39 is 0 Å². The summed E-state index contributed by atoms with van der Waals surface area (Å²) in [5, 5.41) is 0. The Morgan fingerprint density at radius 3 is 2.83 bits per heavy atom. The lowest BCUT2D eigenvalue weighted by molar-refractivity contribution is -0.117. The van der Waals surface area contributed by atoms with Crippen LogP contribution in [0.1, 0.15) is 38.4 Å². The third-order valence-corrected chi connectivity index (χ3v) is 5.77. The maximum atomic E-state index is 12.9. The van der Waals surface area contributed by atoms with Crippen LogP contribution < -0.4 is 14.4 Å². The maximum absolute atomic E-state index is 12.9. The fourth-order valence-electron chi connectivity index (χ4n) is 4.21. The molecule has 0 N–H and O–H groups in total. The molecule has 1 amide bonds. The molecule has 0 spiro atoms. The minimum absolute atomic E-state index is 0.0764. The van der Waals surface area contributed by atoms with E-state index in [2.05, 4.69) is 36.6 Å². The first kappa shape index (κ1) is 18.0. The van der Waals surface area contributed by atoms with Crippen LogP contribution in [-0.4, -0.2) is 28.8 Å². The summed E-state index contributed by atoms with van der Waals surface area (Å²) >= 11 is 0. The number of rotatable bonds is 5. The zero-order chi connectivity index (χ0) is 20.0. The SMILES string of the molecule is CC(C)CCn1c(C2CC(=O)N(c3ccc4c(c3)OCO4)C2)nc2ccccc21. The van der Waals surface area contributed by atoms with Gasteiger partial charge < -0.3 is 18.9 Å². The van der Waals surface area contributed by atoms with Crippen molar-refractivity contribution in [3.8, 4) is 11.5 Å². The van der Waals surface area contributed by atoms with Gasteiger partial charge in [-0.05, 0) is 36.6 Å². The average Bonchev–Trinajstić information content (AvgIpc) is 3.42. The minimum Gasteiger partial charge on any atom is -0.454 e. The van der Waals surface area contributed by atoms with E-state index in [0.717, 1.165) is 41.3 Å². The van der Waals surface area contributed by atoms with E-state index in [1.165, 1.54) is 0 Å². The predicted molar refractivity (Wildman–Crippen MR) is 111 cm³/mol. The molecule has 3 aromatic rings. The Morgan fingerprint density at radius 1 is 1.14 bits per heavy atom. The van der Waals surface area contributed by atoms with Gasteiger partial charge >= 0.3 is 0 Å². The number of amides is 1. The molecule has 1 unspecified atom stereocenters. The van der Waals surface area contributed by atoms with E-state index >= 15 is 0 Å². The number of anilines is 1. The number of carbonyl (C=O) groups is 1. The van der Waals surface area contributed by atoms with Gasteiger partial charge in [0.25, 0.3) is 0 Å². The summed E-state index contributed by atoms with van der Waals surface area (Å²) in [7, 11) is 0. The molecule has 1 fully saturated rings. The van der Waals surface area contributed by atoms with Crippen LogP contribution in [0.3, 0.4) is 0 Å². The Morgan fingerprint density at radius 2 is 1.97 bits per heavy atom. The summed E-state index contributed by atoms with van der Waals surface area (Å²) < 4.78 is 13.2. The fourth-order valence-corrected chi connectivity index (χ4v) is 4.21. The summed E-state index contributed by atoms with van der Waals surface area (Å²) in [6.07, 6.45) is 1.55. The Bertz CT molecular complexity index is 1070. The largest absolute Gasteiger partial charge is 0.454 e. The molecule has 2 aliphatic rings. The zero-order valence-electron chi connectivity index (χ0n) is 16.8. The lowest BCUT2D eigenvalue weighted by atomic mass is 10.1. The molecule has 1 atom stereocenters. The van der Waals surface area contributed by atoms with Crippen LogP contribution in [0.15, 0.2) is 42.5 Å². The molecule has 150 valence electrons. The predicted octanol–water partition coefficient (Wildman–Crippen LogP) is 4.33. The van der Waals surface area contributed by atoms with Crippen LogP contribution in [-0.2, 0) is 11.3 Å². The zero-order valence-corrected chi connectivity index (χ0v) is 16.8. The van der Waals surface area contributed by atoms with Gasteiger partial charge in [-0.3, -0.25) is 4.79 Å². The minimum atomic E-state index is 0.0764. The molecule has 2 aromatic carbocycles. The summed E-state index contributed by atoms with van der Waals surface area (Å²) in [5.41, 5.74) is 3.00. The third kappa shape index (κ3) is 3.22. The molecule has 5 rings (SSSR count). The van der Waals surface area contributed by atoms with Gasteiger partial charge in [-0.25, -0.2) is 4.98 Å². The van der Waals surface area contributed by atoms with E-state index in [1.54, 1.807) is 0 Å². The summed E-state index contributed by atoms with van der Waals surface area (Å²) in [5.74, 6) is 3.25. The number of aryl methyl sites for hydroxylation is 1. The highest BCUT2D eigenvalue weighted by atomic mass is 16.7. The third-order valence-electron chi connectivity index (χ3n) is 5.77. The number of ether oxygens (including phenoxy) is 2. The number of hydrogen-bond acceptors (Lipinski definition) is 4. The fraction of sp³-hybridized carbons (Fsp3) is 0.391. The van der Waals surface area contributed by atoms with Crippen LogP contribution in [0.4, 0.5) is 5.69 Å². The van der Waals surface area contributed by atoms with Crippen molar-refractivity contribution in [2.75, 3.05) is 18.2 Å². The Labute approximate surface area is 170 Å². The molecule has 3 heterocycles. The number of para-hydroxylation sites is 2. The van der Waals surface area contributed by atoms with Gasteiger partial charge in [0.05, 0.1) is 11.0 Å². The van der Waals surface area contributed by atoms with Crippen LogP contribution >= 0.6 is 0 Å². The first-order valence-electron chi connectivity index (χ1n) is 10.3. The molecule has 0 bridgehead atoms. The van der Waals surface area contributed by atoms with E-state index in [9.17, 15) is 4.79 Å². The Kier molecular flexibility index (Phi) is 4.42. The monoisotopic (exact) mass is 391 g/mol. The van der Waals surface area contributed by atoms with Crippen molar-refractivity contribution in [3.63, 3.8) is 0 Å². The van der Waals surface area contributed by atoms with E-state index in [-0.39, 0.29) is 18.6 Å². The molecule has 1 aromatic heterocycles. The van der Waals surface area contributed by atoms with Crippen molar-refractivity contribution in [2.45, 2.75) is 39.2 Å². The van der Waals surface area contributed by atoms with Gasteiger partial charge in [0.2, 0.25) is 12.7 Å². The van der Waals surface area contributed by atoms with E-state index in [4.69, 9.17) is 14.5 Å². The van der Waals surface area contributed by atoms with Crippen molar-refractivity contribution in [2.24, 2.45) is 5.92 Å². The van der Waals surface area contributed by atoms with Crippen molar-refractivity contribution in [1.82, 2.24) is 9.55 Å². The molecule has 29 heavy (non-hydrogen) atoms. The van der Waals surface area contributed by atoms with Gasteiger partial charge in [-0.2, -0.15) is 0 Å². The number of hydrogen-bond donors (Lipinski definition) is 0. The molecular weight excluding hydrogens is 366 g/mol. The maximum Gasteiger partial charge on any atom is 0.231 e. The quantitative estimate of drug-likeness (QED) is 0.650. The normalized spacial score (nSPS) is 18.4. The van der Waals surface area contributed by atoms with Crippen molar-refractivity contribution in [3.05, 3.63) is 48.3 Å². The van der Waals surface area contributed by atoms with E-state index in [0.29, 0.717) is 24.6 Å². The number of fused-ring (bicyclic) bond motifs is 2. The standard InChI is InChI=1S/C23H25N3O3/c1-15(2)9-10-25-19-6-4-3-5-18(19)24-23(25)16-11-22(27)26(13-16)17-7-8-20-21(12-17)29-14-28-20/h3-8,12,15-16H,9-11,13-14H2,1-2H3. The first-order valence-corrected chi connectivity index (χ1v) is 10.3. The second kappa shape index (κ2) is 7.10. The molecule has 6 nitrogen and oxygen atoms in total. The summed E-state index contributed by atoms with van der Waals surface area (Å²) in [6, 6.07) is 13.9. The molecule has 2 aliphatic heterocycles. The summed E-state index contributed by atoms with van der Waals surface area (Å²) in [4.78, 5) is 19.6. The second-order valence-corrected chi connectivity index (χ2v) is 8.24. The van der Waals surface area contributed by atoms with Gasteiger partial charge in [0, 0.05) is 37.2 Å². The average molecular weight is 391 g/mol. The number of benzene rings is 2. The van der Waals surface area contributed by atoms with E-state index in [1.807, 2.05) is 29.2 Å². The molecular formula is C23H25N3O3. The van der Waals surface area contributed by atoms with Gasteiger partial charge in [-0.15, -0.1) is 0 Å². The topological polar surface area (TPSA) is 56.6 Å². The molecule has 0 saturated carbocycles. The van der Waals surface area contributed by atoms with Crippen LogP contribution in [0.5, 0.6) is 11.5 Å². The van der Waals surface area contributed by atoms with Crippen molar-refractivity contribution >= 4 is 22.6 Å². The summed E-state index contributed by atoms with van der Waals surface area (Å²) in [6.45, 7) is 6.25. The molecule has 6 heteroatoms. The van der Waals surface area contributed by atoms with Crippen molar-refractivity contribution < 1.29 is 14.3 Å². The van der Waals surface area contributed by atoms with Crippen LogP contribution in [0.25, 0.3) is 11.0 Å². The van der Waals surface area contributed by atoms with Gasteiger partial charge in [0.15, 0.2) is 11.5 Å². The number of nitrogens with zero attached hydrogens (tertiary/aromatic N) is 3. The molecule has 1 saturated heterocycles. The first-order chi connectivity index (χ1) is 14.1. The highest BCUT2D eigenvalue weighted by Crippen LogP contribution is 2.39. The lowest BCUT2D eigenvalue weighted by Crippen LogP contribution is -2.24. The Hall–Kier alpha value is -3.02. The smallest absolute Gasteiger partial charge is 0.231 e. The lowest BCUT2D eigenvalue weighted by Gasteiger charge is -2.18. The Balaban J connectivity index is 1.46. The van der Waals surface area contributed by atoms with Crippen LogP contribution in [0, 0.1) is 5.92 Å². The number of carbonyl (C=O) groups excluding carboxylic acids is 1. The number of imidazole rings is 1. The highest BCUT2D eigenvalue weighted by Gasteiger charge is 2.35. The van der Waals surface area contributed by atoms with Gasteiger partial charge in [-0.1, -0.05) is 26.0 Å². The number of aromatic nitrogens is 2. The van der Waals surface area contributed by atoms with Crippen LogP contribution in [0.2, 0.25) is 0 Å².